The number of anilines is 2. The monoisotopic (exact) mass is 390 g/mol. The van der Waals surface area contributed by atoms with Gasteiger partial charge >= 0.3 is 6.61 Å². The number of nitrogens with one attached hydrogen (secondary N) is 2. The van der Waals surface area contributed by atoms with Gasteiger partial charge in [-0.2, -0.15) is 8.78 Å². The molecule has 0 bridgehead atoms. The van der Waals surface area contributed by atoms with Crippen molar-refractivity contribution in [3.05, 3.63) is 54.1 Å². The largest absolute Gasteiger partial charge is 0.435 e. The fraction of sp³-hybridized carbons (Fsp3) is 0.300. The molecule has 28 heavy (non-hydrogen) atoms. The number of rotatable bonds is 6. The molecule has 2 aromatic rings. The summed E-state index contributed by atoms with van der Waals surface area (Å²) in [4.78, 5) is 27.4. The molecule has 0 aliphatic carbocycles. The summed E-state index contributed by atoms with van der Waals surface area (Å²) in [6, 6.07) is 13.1. The van der Waals surface area contributed by atoms with Crippen molar-refractivity contribution in [2.45, 2.75) is 26.1 Å². The van der Waals surface area contributed by atoms with Crippen LogP contribution in [0, 0.1) is 0 Å². The first-order valence-corrected chi connectivity index (χ1v) is 8.91. The minimum atomic E-state index is -2.86. The van der Waals surface area contributed by atoms with Crippen LogP contribution in [-0.4, -0.2) is 38.1 Å². The van der Waals surface area contributed by atoms with E-state index in [1.165, 1.54) is 17.0 Å². The van der Waals surface area contributed by atoms with Gasteiger partial charge in [-0.05, 0) is 43.3 Å². The Morgan fingerprint density at radius 3 is 2.57 bits per heavy atom. The summed E-state index contributed by atoms with van der Waals surface area (Å²) in [5, 5.41) is 2.77. The van der Waals surface area contributed by atoms with Gasteiger partial charge in [0.1, 0.15) is 18.8 Å². The Bertz CT molecular complexity index is 858. The van der Waals surface area contributed by atoms with Crippen molar-refractivity contribution in [1.29, 1.82) is 0 Å². The zero-order valence-corrected chi connectivity index (χ0v) is 15.6. The van der Waals surface area contributed by atoms with E-state index in [4.69, 9.17) is 0 Å². The Kier molecular flexibility index (Phi) is 5.89. The third-order valence-electron chi connectivity index (χ3n) is 4.78. The highest BCUT2D eigenvalue weighted by Gasteiger charge is 2.33. The number of amides is 2. The first-order valence-electron chi connectivity index (χ1n) is 8.91. The number of nitrogens with zero attached hydrogens (tertiary/aromatic N) is 1. The second kappa shape index (κ2) is 8.35. The van der Waals surface area contributed by atoms with Crippen molar-refractivity contribution in [2.24, 2.45) is 0 Å². The van der Waals surface area contributed by atoms with E-state index in [1.807, 2.05) is 13.1 Å². The number of benzene rings is 2. The number of quaternary nitrogens is 1. The van der Waals surface area contributed by atoms with Gasteiger partial charge in [0.25, 0.3) is 5.91 Å². The standard InChI is InChI=1S/C20H21F2N3O3/c1-13(24(2)11-14-7-9-15(10-8-14)28-20(21)22)19(27)25-12-18(26)23-16-5-3-4-6-17(16)25/h3-10,13,20H,11-12H2,1-2H3,(H,23,26)/p+1/t13-/m0/s1. The predicted octanol–water partition coefficient (Wildman–Crippen LogP) is 1.68. The van der Waals surface area contributed by atoms with Crippen molar-refractivity contribution in [3.8, 4) is 5.75 Å². The zero-order chi connectivity index (χ0) is 20.3. The van der Waals surface area contributed by atoms with Gasteiger partial charge in [-0.15, -0.1) is 0 Å². The Morgan fingerprint density at radius 1 is 1.21 bits per heavy atom. The maximum Gasteiger partial charge on any atom is 0.387 e. The zero-order valence-electron chi connectivity index (χ0n) is 15.6. The van der Waals surface area contributed by atoms with Crippen LogP contribution < -0.4 is 19.9 Å². The van der Waals surface area contributed by atoms with Gasteiger partial charge in [-0.1, -0.05) is 12.1 Å². The van der Waals surface area contributed by atoms with Crippen molar-refractivity contribution >= 4 is 23.2 Å². The van der Waals surface area contributed by atoms with Crippen molar-refractivity contribution in [2.75, 3.05) is 23.8 Å². The Morgan fingerprint density at radius 2 is 1.89 bits per heavy atom. The number of alkyl halides is 2. The molecule has 1 heterocycles. The van der Waals surface area contributed by atoms with Crippen LogP contribution in [0.4, 0.5) is 20.2 Å². The molecule has 2 atom stereocenters. The van der Waals surface area contributed by atoms with E-state index in [9.17, 15) is 18.4 Å². The SMILES string of the molecule is C[C@@H](C(=O)N1CC(=O)Nc2ccccc21)[NH+](C)Cc1ccc(OC(F)F)cc1. The lowest BCUT2D eigenvalue weighted by Gasteiger charge is -2.32. The minimum absolute atomic E-state index is 0.0207. The van der Waals surface area contributed by atoms with Gasteiger partial charge in [0.05, 0.1) is 18.4 Å². The van der Waals surface area contributed by atoms with E-state index in [0.717, 1.165) is 10.5 Å². The highest BCUT2D eigenvalue weighted by molar-refractivity contribution is 6.10. The number of hydrogen-bond acceptors (Lipinski definition) is 3. The van der Waals surface area contributed by atoms with Gasteiger partial charge < -0.3 is 15.0 Å². The number of para-hydroxylation sites is 2. The Balaban J connectivity index is 1.68. The number of fused-ring (bicyclic) bond motifs is 1. The molecule has 0 spiro atoms. The number of likely N-dealkylation sites (N-methyl/N-ethyl adjacent to an activating group) is 1. The molecule has 0 fully saturated rings. The summed E-state index contributed by atoms with van der Waals surface area (Å²) in [6.45, 7) is -0.556. The van der Waals surface area contributed by atoms with E-state index < -0.39 is 12.7 Å². The van der Waals surface area contributed by atoms with Crippen LogP contribution in [0.15, 0.2) is 48.5 Å². The summed E-state index contributed by atoms with van der Waals surface area (Å²) in [6.07, 6.45) is 0. The lowest BCUT2D eigenvalue weighted by atomic mass is 10.1. The molecule has 2 amide bonds. The van der Waals surface area contributed by atoms with Crippen LogP contribution in [0.5, 0.6) is 5.75 Å². The van der Waals surface area contributed by atoms with Crippen molar-refractivity contribution < 1.29 is 28.0 Å². The van der Waals surface area contributed by atoms with Gasteiger partial charge in [0, 0.05) is 5.56 Å². The highest BCUT2D eigenvalue weighted by Crippen LogP contribution is 2.29. The molecule has 2 N–H and O–H groups in total. The number of carbonyl (C=O) groups excluding carboxylic acids is 2. The number of ether oxygens (including phenoxy) is 1. The molecule has 1 unspecified atom stereocenters. The van der Waals surface area contributed by atoms with E-state index >= 15 is 0 Å². The Hall–Kier alpha value is -3.00. The molecule has 0 saturated heterocycles. The van der Waals surface area contributed by atoms with Crippen LogP contribution >= 0.6 is 0 Å². The third kappa shape index (κ3) is 4.45. The molecule has 148 valence electrons. The first kappa shape index (κ1) is 19.8. The lowest BCUT2D eigenvalue weighted by molar-refractivity contribution is -0.908. The lowest BCUT2D eigenvalue weighted by Crippen LogP contribution is -3.12. The highest BCUT2D eigenvalue weighted by atomic mass is 19.3. The summed E-state index contributed by atoms with van der Waals surface area (Å²) in [5.74, 6) is -0.291. The quantitative estimate of drug-likeness (QED) is 0.789. The molecule has 0 saturated carbocycles. The topological polar surface area (TPSA) is 63.1 Å². The molecule has 6 nitrogen and oxygen atoms in total. The smallest absolute Gasteiger partial charge is 0.387 e. The summed E-state index contributed by atoms with van der Waals surface area (Å²) >= 11 is 0. The molecule has 0 aromatic heterocycles. The molecule has 1 aliphatic rings. The summed E-state index contributed by atoms with van der Waals surface area (Å²) in [7, 11) is 1.88. The van der Waals surface area contributed by atoms with Crippen LogP contribution in [0.3, 0.4) is 0 Å². The third-order valence-corrected chi connectivity index (χ3v) is 4.78. The molecule has 2 aromatic carbocycles. The summed E-state index contributed by atoms with van der Waals surface area (Å²) in [5.41, 5.74) is 2.18. The maximum absolute atomic E-state index is 13.0. The van der Waals surface area contributed by atoms with Crippen molar-refractivity contribution in [3.63, 3.8) is 0 Å². The van der Waals surface area contributed by atoms with E-state index in [1.54, 1.807) is 37.3 Å². The predicted molar refractivity (Wildman–Crippen MR) is 101 cm³/mol. The second-order valence-corrected chi connectivity index (χ2v) is 6.76. The normalized spacial score (nSPS) is 15.6. The van der Waals surface area contributed by atoms with E-state index in [-0.39, 0.29) is 24.1 Å². The number of halogens is 2. The van der Waals surface area contributed by atoms with E-state index in [0.29, 0.717) is 17.9 Å². The van der Waals surface area contributed by atoms with Gasteiger partial charge in [-0.3, -0.25) is 14.5 Å². The van der Waals surface area contributed by atoms with Crippen LogP contribution in [0.2, 0.25) is 0 Å². The van der Waals surface area contributed by atoms with Crippen LogP contribution in [0.1, 0.15) is 12.5 Å². The van der Waals surface area contributed by atoms with E-state index in [2.05, 4.69) is 10.1 Å². The van der Waals surface area contributed by atoms with Crippen LogP contribution in [-0.2, 0) is 16.1 Å². The molecule has 0 radical (unpaired) electrons. The molecule has 8 heteroatoms. The fourth-order valence-corrected chi connectivity index (χ4v) is 3.14. The number of carbonyl (C=O) groups is 2. The average Bonchev–Trinajstić information content (AvgIpc) is 2.67. The molecule has 3 rings (SSSR count). The molecular formula is C20H22F2N3O3+. The first-order chi connectivity index (χ1) is 13.3. The van der Waals surface area contributed by atoms with Crippen LogP contribution in [0.25, 0.3) is 0 Å². The number of hydrogen-bond donors (Lipinski definition) is 2. The maximum atomic E-state index is 13.0. The van der Waals surface area contributed by atoms with Gasteiger partial charge in [0.15, 0.2) is 6.04 Å². The van der Waals surface area contributed by atoms with Gasteiger partial charge in [-0.25, -0.2) is 0 Å². The molecular weight excluding hydrogens is 368 g/mol. The Labute approximate surface area is 161 Å². The van der Waals surface area contributed by atoms with Crippen molar-refractivity contribution in [1.82, 2.24) is 0 Å². The second-order valence-electron chi connectivity index (χ2n) is 6.76. The molecule has 1 aliphatic heterocycles. The minimum Gasteiger partial charge on any atom is -0.435 e. The fourth-order valence-electron chi connectivity index (χ4n) is 3.14. The summed E-state index contributed by atoms with van der Waals surface area (Å²) < 4.78 is 28.8. The van der Waals surface area contributed by atoms with Gasteiger partial charge in [0.2, 0.25) is 5.91 Å². The average molecular weight is 390 g/mol.